The molecule has 4 heteroatoms. The van der Waals surface area contributed by atoms with E-state index in [4.69, 9.17) is 11.6 Å². The molecule has 0 bridgehead atoms. The minimum absolute atomic E-state index is 0.215. The van der Waals surface area contributed by atoms with Gasteiger partial charge in [0.1, 0.15) is 0 Å². The van der Waals surface area contributed by atoms with Crippen molar-refractivity contribution in [2.24, 2.45) is 0 Å². The number of carbonyl (C=O) groups is 1. The number of hydrogen-bond acceptors (Lipinski definition) is 2. The number of hydrogen-bond donors (Lipinski definition) is 2. The number of thiol groups is 1. The summed E-state index contributed by atoms with van der Waals surface area (Å²) < 4.78 is 0. The Morgan fingerprint density at radius 1 is 1.22 bits per heavy atom. The van der Waals surface area contributed by atoms with Gasteiger partial charge in [0, 0.05) is 4.90 Å². The monoisotopic (exact) mass is 277 g/mol. The lowest BCUT2D eigenvalue weighted by Gasteiger charge is -2.09. The van der Waals surface area contributed by atoms with Gasteiger partial charge in [-0.05, 0) is 36.8 Å². The number of halogens is 1. The first-order valence-electron chi connectivity index (χ1n) is 5.43. The minimum atomic E-state index is -0.215. The van der Waals surface area contributed by atoms with Gasteiger partial charge in [-0.1, -0.05) is 29.8 Å². The average molecular weight is 278 g/mol. The van der Waals surface area contributed by atoms with Crippen LogP contribution in [0.25, 0.3) is 0 Å². The number of carbonyl (C=O) groups excluding carboxylic acids is 1. The van der Waals surface area contributed by atoms with Gasteiger partial charge in [0.25, 0.3) is 5.91 Å². The molecule has 0 aliphatic rings. The van der Waals surface area contributed by atoms with Crippen LogP contribution in [0.1, 0.15) is 15.9 Å². The van der Waals surface area contributed by atoms with Crippen LogP contribution in [0.5, 0.6) is 0 Å². The number of nitrogens with one attached hydrogen (secondary N) is 1. The molecule has 0 heterocycles. The van der Waals surface area contributed by atoms with Gasteiger partial charge in [0.05, 0.1) is 16.3 Å². The van der Waals surface area contributed by atoms with Crippen LogP contribution >= 0.6 is 24.2 Å². The third kappa shape index (κ3) is 2.86. The Bertz CT molecular complexity index is 598. The van der Waals surface area contributed by atoms with Crippen molar-refractivity contribution in [2.45, 2.75) is 11.8 Å². The Morgan fingerprint density at radius 2 is 1.94 bits per heavy atom. The summed E-state index contributed by atoms with van der Waals surface area (Å²) in [5, 5.41) is 3.31. The second-order valence-electron chi connectivity index (χ2n) is 3.95. The number of rotatable bonds is 2. The normalized spacial score (nSPS) is 10.2. The van der Waals surface area contributed by atoms with Crippen LogP contribution in [0.15, 0.2) is 47.4 Å². The van der Waals surface area contributed by atoms with E-state index in [2.05, 4.69) is 17.9 Å². The predicted molar refractivity (Wildman–Crippen MR) is 77.8 cm³/mol. The van der Waals surface area contributed by atoms with Crippen molar-refractivity contribution < 1.29 is 4.79 Å². The first-order valence-corrected chi connectivity index (χ1v) is 6.26. The number of aryl methyl sites for hydroxylation is 1. The molecular weight excluding hydrogens is 266 g/mol. The highest BCUT2D eigenvalue weighted by atomic mass is 35.5. The molecule has 2 aromatic rings. The van der Waals surface area contributed by atoms with Crippen LogP contribution in [0, 0.1) is 6.92 Å². The van der Waals surface area contributed by atoms with Crippen LogP contribution in [0.3, 0.4) is 0 Å². The van der Waals surface area contributed by atoms with Gasteiger partial charge < -0.3 is 5.32 Å². The lowest BCUT2D eigenvalue weighted by molar-refractivity contribution is 0.102. The lowest BCUT2D eigenvalue weighted by atomic mass is 10.2. The second kappa shape index (κ2) is 5.46. The van der Waals surface area contributed by atoms with Gasteiger partial charge >= 0.3 is 0 Å². The molecule has 2 nitrogen and oxygen atoms in total. The standard InChI is InChI=1S/C14H12ClNOS/c1-9-6-7-11(15)12(8-9)16-14(17)10-4-2-3-5-13(10)18/h2-8,18H,1H3,(H,16,17). The van der Waals surface area contributed by atoms with E-state index in [9.17, 15) is 4.79 Å². The summed E-state index contributed by atoms with van der Waals surface area (Å²) in [6, 6.07) is 12.6. The Balaban J connectivity index is 2.27. The quantitative estimate of drug-likeness (QED) is 0.792. The fourth-order valence-corrected chi connectivity index (χ4v) is 2.02. The SMILES string of the molecule is Cc1ccc(Cl)c(NC(=O)c2ccccc2S)c1. The van der Waals surface area contributed by atoms with Gasteiger partial charge in [0.15, 0.2) is 0 Å². The second-order valence-corrected chi connectivity index (χ2v) is 4.84. The maximum atomic E-state index is 12.1. The minimum Gasteiger partial charge on any atom is -0.321 e. The first kappa shape index (κ1) is 13.0. The zero-order valence-electron chi connectivity index (χ0n) is 9.77. The van der Waals surface area contributed by atoms with Crippen molar-refractivity contribution in [1.29, 1.82) is 0 Å². The van der Waals surface area contributed by atoms with Gasteiger partial charge in [-0.3, -0.25) is 4.79 Å². The highest BCUT2D eigenvalue weighted by Crippen LogP contribution is 2.24. The molecule has 0 unspecified atom stereocenters. The summed E-state index contributed by atoms with van der Waals surface area (Å²) in [7, 11) is 0. The van der Waals surface area contributed by atoms with Gasteiger partial charge in [0.2, 0.25) is 0 Å². The van der Waals surface area contributed by atoms with Gasteiger partial charge in [-0.2, -0.15) is 0 Å². The number of anilines is 1. The number of benzene rings is 2. The molecule has 0 saturated heterocycles. The van der Waals surface area contributed by atoms with E-state index < -0.39 is 0 Å². The largest absolute Gasteiger partial charge is 0.321 e. The van der Waals surface area contributed by atoms with E-state index in [1.807, 2.05) is 25.1 Å². The van der Waals surface area contributed by atoms with Crippen molar-refractivity contribution in [3.05, 3.63) is 58.6 Å². The molecule has 1 N–H and O–H groups in total. The van der Waals surface area contributed by atoms with E-state index >= 15 is 0 Å². The Labute approximate surface area is 116 Å². The van der Waals surface area contributed by atoms with E-state index in [-0.39, 0.29) is 5.91 Å². The Kier molecular flexibility index (Phi) is 3.94. The van der Waals surface area contributed by atoms with E-state index in [1.54, 1.807) is 24.3 Å². The van der Waals surface area contributed by atoms with Gasteiger partial charge in [-0.15, -0.1) is 12.6 Å². The maximum Gasteiger partial charge on any atom is 0.256 e. The van der Waals surface area contributed by atoms with Crippen molar-refractivity contribution in [3.8, 4) is 0 Å². The van der Waals surface area contributed by atoms with Crippen molar-refractivity contribution >= 4 is 35.8 Å². The highest BCUT2D eigenvalue weighted by Gasteiger charge is 2.10. The third-order valence-electron chi connectivity index (χ3n) is 2.52. The molecule has 2 aromatic carbocycles. The summed E-state index contributed by atoms with van der Waals surface area (Å²) in [5.41, 5.74) is 2.17. The molecule has 0 atom stereocenters. The first-order chi connectivity index (χ1) is 8.58. The lowest BCUT2D eigenvalue weighted by Crippen LogP contribution is -2.13. The van der Waals surface area contributed by atoms with Crippen LogP contribution in [0.4, 0.5) is 5.69 Å². The molecule has 1 amide bonds. The smallest absolute Gasteiger partial charge is 0.256 e. The van der Waals surface area contributed by atoms with E-state index in [1.165, 1.54) is 0 Å². The molecule has 0 spiro atoms. The van der Waals surface area contributed by atoms with Crippen LogP contribution < -0.4 is 5.32 Å². The summed E-state index contributed by atoms with van der Waals surface area (Å²) in [5.74, 6) is -0.215. The molecule has 18 heavy (non-hydrogen) atoms. The molecule has 0 aliphatic carbocycles. The zero-order valence-corrected chi connectivity index (χ0v) is 11.4. The Hall–Kier alpha value is -1.45. The fraction of sp³-hybridized carbons (Fsp3) is 0.0714. The van der Waals surface area contributed by atoms with Gasteiger partial charge in [-0.25, -0.2) is 0 Å². The summed E-state index contributed by atoms with van der Waals surface area (Å²) in [6.45, 7) is 1.94. The summed E-state index contributed by atoms with van der Waals surface area (Å²) >= 11 is 10.3. The summed E-state index contributed by atoms with van der Waals surface area (Å²) in [6.07, 6.45) is 0. The number of amides is 1. The predicted octanol–water partition coefficient (Wildman–Crippen LogP) is 4.19. The molecular formula is C14H12ClNOS. The van der Waals surface area contributed by atoms with E-state index in [0.717, 1.165) is 5.56 Å². The molecule has 92 valence electrons. The molecule has 0 saturated carbocycles. The summed E-state index contributed by atoms with van der Waals surface area (Å²) in [4.78, 5) is 12.7. The highest BCUT2D eigenvalue weighted by molar-refractivity contribution is 7.80. The topological polar surface area (TPSA) is 29.1 Å². The van der Waals surface area contributed by atoms with Crippen molar-refractivity contribution in [3.63, 3.8) is 0 Å². The van der Waals surface area contributed by atoms with Crippen molar-refractivity contribution in [1.82, 2.24) is 0 Å². The van der Waals surface area contributed by atoms with Crippen molar-refractivity contribution in [2.75, 3.05) is 5.32 Å². The van der Waals surface area contributed by atoms with Crippen LogP contribution in [-0.2, 0) is 0 Å². The molecule has 0 aromatic heterocycles. The Morgan fingerprint density at radius 3 is 2.67 bits per heavy atom. The fourth-order valence-electron chi connectivity index (χ4n) is 1.59. The maximum absolute atomic E-state index is 12.1. The zero-order chi connectivity index (χ0) is 13.1. The molecule has 2 rings (SSSR count). The average Bonchev–Trinajstić information content (AvgIpc) is 2.34. The third-order valence-corrected chi connectivity index (χ3v) is 3.24. The molecule has 0 radical (unpaired) electrons. The van der Waals surface area contributed by atoms with Crippen LogP contribution in [-0.4, -0.2) is 5.91 Å². The molecule has 0 aliphatic heterocycles. The van der Waals surface area contributed by atoms with Crippen LogP contribution in [0.2, 0.25) is 5.02 Å². The van der Waals surface area contributed by atoms with E-state index in [0.29, 0.717) is 21.2 Å². The molecule has 0 fully saturated rings.